The molecule has 1 N–H and O–H groups in total. The highest BCUT2D eigenvalue weighted by atomic mass is 19.4. The third-order valence-electron chi connectivity index (χ3n) is 3.42. The second kappa shape index (κ2) is 5.71. The van der Waals surface area contributed by atoms with Crippen molar-refractivity contribution in [2.24, 2.45) is 5.92 Å². The minimum atomic E-state index is -4.49. The fraction of sp³-hybridized carbons (Fsp3) is 0.500. The first-order valence-electron chi connectivity index (χ1n) is 6.44. The van der Waals surface area contributed by atoms with Crippen LogP contribution < -0.4 is 10.2 Å². The highest BCUT2D eigenvalue weighted by Crippen LogP contribution is 2.30. The molecule has 0 fully saturated rings. The quantitative estimate of drug-likeness (QED) is 0.907. The second-order valence-electron chi connectivity index (χ2n) is 5.04. The number of nitriles is 1. The Hall–Kier alpha value is -1.74. The first kappa shape index (κ1) is 14.7. The molecule has 0 saturated heterocycles. The first-order valence-corrected chi connectivity index (χ1v) is 6.44. The van der Waals surface area contributed by atoms with Crippen molar-refractivity contribution in [1.29, 1.82) is 5.26 Å². The molecule has 0 aliphatic carbocycles. The number of alkyl halides is 3. The molecule has 1 heterocycles. The van der Waals surface area contributed by atoms with Gasteiger partial charge in [-0.15, -0.1) is 0 Å². The summed E-state index contributed by atoms with van der Waals surface area (Å²) in [4.78, 5) is 1.65. The fourth-order valence-electron chi connectivity index (χ4n) is 2.36. The van der Waals surface area contributed by atoms with Gasteiger partial charge in [-0.2, -0.15) is 18.4 Å². The van der Waals surface area contributed by atoms with Crippen LogP contribution in [0.2, 0.25) is 0 Å². The number of fused-ring (bicyclic) bond motifs is 1. The molecule has 1 aromatic rings. The Bertz CT molecular complexity index is 507. The molecule has 1 aliphatic rings. The van der Waals surface area contributed by atoms with Crippen molar-refractivity contribution in [2.75, 3.05) is 18.0 Å². The van der Waals surface area contributed by atoms with Crippen LogP contribution in [0.5, 0.6) is 0 Å². The molecule has 0 aromatic heterocycles. The molecule has 0 amide bonds. The van der Waals surface area contributed by atoms with Gasteiger partial charge < -0.3 is 10.2 Å². The molecule has 0 saturated carbocycles. The summed E-state index contributed by atoms with van der Waals surface area (Å²) in [6, 6.07) is 8.79. The molecule has 20 heavy (non-hydrogen) atoms. The van der Waals surface area contributed by atoms with E-state index < -0.39 is 12.1 Å². The number of halogens is 3. The Morgan fingerprint density at radius 2 is 2.15 bits per heavy atom. The van der Waals surface area contributed by atoms with Crippen molar-refractivity contribution < 1.29 is 13.2 Å². The molecule has 2 rings (SSSR count). The van der Waals surface area contributed by atoms with Gasteiger partial charge in [0.15, 0.2) is 5.92 Å². The van der Waals surface area contributed by atoms with Crippen molar-refractivity contribution in [3.63, 3.8) is 0 Å². The average Bonchev–Trinajstić information content (AvgIpc) is 2.55. The zero-order valence-electron chi connectivity index (χ0n) is 11.1. The van der Waals surface area contributed by atoms with Crippen LogP contribution in [0.3, 0.4) is 0 Å². The summed E-state index contributed by atoms with van der Waals surface area (Å²) in [5.41, 5.74) is 1.73. The lowest BCUT2D eigenvalue weighted by molar-refractivity contribution is -0.156. The van der Waals surface area contributed by atoms with Crippen LogP contribution in [-0.4, -0.2) is 25.3 Å². The molecule has 1 aromatic carbocycles. The predicted octanol–water partition coefficient (Wildman–Crippen LogP) is 2.69. The average molecular weight is 283 g/mol. The molecule has 2 atom stereocenters. The van der Waals surface area contributed by atoms with Gasteiger partial charge in [0, 0.05) is 31.4 Å². The molecular weight excluding hydrogens is 267 g/mol. The Morgan fingerprint density at radius 3 is 2.80 bits per heavy atom. The SMILES string of the molecule is CC1CN(CC(C#N)C(F)(F)F)c2ccccc2CN1. The molecule has 6 heteroatoms. The number of benzene rings is 1. The lowest BCUT2D eigenvalue weighted by atomic mass is 10.1. The highest BCUT2D eigenvalue weighted by Gasteiger charge is 2.41. The number of para-hydroxylation sites is 1. The topological polar surface area (TPSA) is 39.1 Å². The Morgan fingerprint density at radius 1 is 1.45 bits per heavy atom. The van der Waals surface area contributed by atoms with E-state index in [9.17, 15) is 13.2 Å². The zero-order valence-corrected chi connectivity index (χ0v) is 11.1. The van der Waals surface area contributed by atoms with Crippen LogP contribution in [0.4, 0.5) is 18.9 Å². The van der Waals surface area contributed by atoms with E-state index in [1.807, 2.05) is 19.1 Å². The number of hydrogen-bond donors (Lipinski definition) is 1. The predicted molar refractivity (Wildman–Crippen MR) is 70.1 cm³/mol. The lowest BCUT2D eigenvalue weighted by Gasteiger charge is -2.29. The van der Waals surface area contributed by atoms with Gasteiger partial charge in [-0.3, -0.25) is 0 Å². The van der Waals surface area contributed by atoms with Gasteiger partial charge in [0.2, 0.25) is 0 Å². The van der Waals surface area contributed by atoms with Crippen LogP contribution in [0.1, 0.15) is 12.5 Å². The summed E-state index contributed by atoms with van der Waals surface area (Å²) in [5, 5.41) is 12.0. The molecule has 1 aliphatic heterocycles. The Labute approximate surface area is 116 Å². The van der Waals surface area contributed by atoms with Gasteiger partial charge >= 0.3 is 6.18 Å². The number of nitrogens with one attached hydrogen (secondary N) is 1. The van der Waals surface area contributed by atoms with Gasteiger partial charge in [-0.1, -0.05) is 18.2 Å². The molecule has 108 valence electrons. The van der Waals surface area contributed by atoms with Gasteiger partial charge in [0.1, 0.15) is 0 Å². The summed E-state index contributed by atoms with van der Waals surface area (Å²) < 4.78 is 38.4. The largest absolute Gasteiger partial charge is 0.406 e. The maximum atomic E-state index is 12.8. The zero-order chi connectivity index (χ0) is 14.8. The third-order valence-corrected chi connectivity index (χ3v) is 3.42. The minimum absolute atomic E-state index is 0.0648. The van der Waals surface area contributed by atoms with Gasteiger partial charge in [-0.05, 0) is 18.6 Å². The monoisotopic (exact) mass is 283 g/mol. The van der Waals surface area contributed by atoms with Crippen molar-refractivity contribution in [3.05, 3.63) is 29.8 Å². The van der Waals surface area contributed by atoms with Crippen molar-refractivity contribution in [2.45, 2.75) is 25.7 Å². The maximum absolute atomic E-state index is 12.8. The summed E-state index contributed by atoms with van der Waals surface area (Å²) in [6.07, 6.45) is -4.49. The van der Waals surface area contributed by atoms with E-state index in [1.165, 1.54) is 6.07 Å². The second-order valence-corrected chi connectivity index (χ2v) is 5.04. The number of hydrogen-bond acceptors (Lipinski definition) is 3. The fourth-order valence-corrected chi connectivity index (χ4v) is 2.36. The van der Waals surface area contributed by atoms with E-state index in [-0.39, 0.29) is 12.6 Å². The van der Waals surface area contributed by atoms with E-state index in [0.29, 0.717) is 13.1 Å². The summed E-state index contributed by atoms with van der Waals surface area (Å²) in [6.45, 7) is 2.67. The number of rotatable bonds is 2. The smallest absolute Gasteiger partial charge is 0.368 e. The number of anilines is 1. The Balaban J connectivity index is 2.27. The lowest BCUT2D eigenvalue weighted by Crippen LogP contribution is -2.41. The molecule has 2 unspecified atom stereocenters. The summed E-state index contributed by atoms with van der Waals surface area (Å²) in [5.74, 6) is -1.97. The van der Waals surface area contributed by atoms with Gasteiger partial charge in [0.05, 0.1) is 6.07 Å². The van der Waals surface area contributed by atoms with E-state index in [1.54, 1.807) is 17.0 Å². The van der Waals surface area contributed by atoms with Crippen LogP contribution in [0.25, 0.3) is 0 Å². The van der Waals surface area contributed by atoms with Crippen LogP contribution in [0, 0.1) is 17.2 Å². The normalized spacial score (nSPS) is 20.8. The first-order chi connectivity index (χ1) is 9.41. The van der Waals surface area contributed by atoms with Gasteiger partial charge in [-0.25, -0.2) is 0 Å². The molecule has 3 nitrogen and oxygen atoms in total. The minimum Gasteiger partial charge on any atom is -0.368 e. The van der Waals surface area contributed by atoms with Crippen molar-refractivity contribution in [1.82, 2.24) is 5.32 Å². The van der Waals surface area contributed by atoms with Crippen LogP contribution in [0.15, 0.2) is 24.3 Å². The summed E-state index contributed by atoms with van der Waals surface area (Å²) >= 11 is 0. The third kappa shape index (κ3) is 3.23. The van der Waals surface area contributed by atoms with E-state index >= 15 is 0 Å². The van der Waals surface area contributed by atoms with Crippen molar-refractivity contribution in [3.8, 4) is 6.07 Å². The Kier molecular flexibility index (Phi) is 4.19. The number of nitrogens with zero attached hydrogens (tertiary/aromatic N) is 2. The molecule has 0 radical (unpaired) electrons. The molecular formula is C14H16F3N3. The van der Waals surface area contributed by atoms with Crippen molar-refractivity contribution >= 4 is 5.69 Å². The summed E-state index contributed by atoms with van der Waals surface area (Å²) in [7, 11) is 0. The van der Waals surface area contributed by atoms with Crippen LogP contribution in [-0.2, 0) is 6.54 Å². The molecule has 0 spiro atoms. The van der Waals surface area contributed by atoms with E-state index in [2.05, 4.69) is 5.32 Å². The highest BCUT2D eigenvalue weighted by molar-refractivity contribution is 5.54. The van der Waals surface area contributed by atoms with Gasteiger partial charge in [0.25, 0.3) is 0 Å². The molecule has 0 bridgehead atoms. The van der Waals surface area contributed by atoms with Crippen LogP contribution >= 0.6 is 0 Å². The standard InChI is InChI=1S/C14H16F3N3/c1-10-8-20(9-12(6-18)14(15,16)17)13-5-3-2-4-11(13)7-19-10/h2-5,10,12,19H,7-9H2,1H3. The van der Waals surface area contributed by atoms with E-state index in [4.69, 9.17) is 5.26 Å². The maximum Gasteiger partial charge on any atom is 0.406 e. The van der Waals surface area contributed by atoms with E-state index in [0.717, 1.165) is 11.3 Å².